The lowest BCUT2D eigenvalue weighted by molar-refractivity contribution is -0.132. The van der Waals surface area contributed by atoms with E-state index in [1.165, 1.54) is 6.07 Å². The molecule has 0 spiro atoms. The molecule has 2 heterocycles. The lowest BCUT2D eigenvalue weighted by atomic mass is 9.98. The van der Waals surface area contributed by atoms with Crippen LogP contribution in [0, 0.1) is 18.6 Å². The summed E-state index contributed by atoms with van der Waals surface area (Å²) in [5.74, 6) is -3.79. The van der Waals surface area contributed by atoms with E-state index in [-0.39, 0.29) is 22.8 Å². The second kappa shape index (κ2) is 7.83. The molecule has 0 bridgehead atoms. The Balaban J connectivity index is 1.91. The van der Waals surface area contributed by atoms with Crippen LogP contribution in [0.25, 0.3) is 5.76 Å². The molecule has 5 nitrogen and oxygen atoms in total. The van der Waals surface area contributed by atoms with Crippen molar-refractivity contribution in [2.45, 2.75) is 26.3 Å². The van der Waals surface area contributed by atoms with E-state index in [2.05, 4.69) is 0 Å². The average Bonchev–Trinajstić information content (AvgIpc) is 3.31. The van der Waals surface area contributed by atoms with Crippen molar-refractivity contribution in [3.05, 3.63) is 94.5 Å². The Morgan fingerprint density at radius 1 is 1.03 bits per heavy atom. The number of aliphatic hydroxyl groups is 1. The van der Waals surface area contributed by atoms with Crippen LogP contribution >= 0.6 is 0 Å². The number of carbonyl (C=O) groups excluding carboxylic acids is 2. The van der Waals surface area contributed by atoms with Gasteiger partial charge in [-0.2, -0.15) is 0 Å². The highest BCUT2D eigenvalue weighted by Gasteiger charge is 2.48. The molecule has 4 rings (SSSR count). The third-order valence-electron chi connectivity index (χ3n) is 5.29. The van der Waals surface area contributed by atoms with Gasteiger partial charge < -0.3 is 9.52 Å². The van der Waals surface area contributed by atoms with Gasteiger partial charge in [-0.05, 0) is 43.2 Å². The van der Waals surface area contributed by atoms with E-state index in [4.69, 9.17) is 4.42 Å². The van der Waals surface area contributed by atoms with Crippen molar-refractivity contribution >= 4 is 23.1 Å². The van der Waals surface area contributed by atoms with Gasteiger partial charge in [0.15, 0.2) is 11.6 Å². The second-order valence-corrected chi connectivity index (χ2v) is 7.27. The minimum atomic E-state index is -1.16. The maximum atomic E-state index is 13.9. The molecule has 1 unspecified atom stereocenters. The van der Waals surface area contributed by atoms with Crippen LogP contribution in [-0.2, 0) is 16.0 Å². The van der Waals surface area contributed by atoms with E-state index in [9.17, 15) is 23.5 Å². The lowest BCUT2D eigenvalue weighted by Crippen LogP contribution is -2.29. The lowest BCUT2D eigenvalue weighted by Gasteiger charge is -2.23. The van der Waals surface area contributed by atoms with Crippen LogP contribution in [0.15, 0.2) is 64.6 Å². The number of rotatable bonds is 4. The minimum absolute atomic E-state index is 0.0274. The van der Waals surface area contributed by atoms with E-state index in [0.717, 1.165) is 29.0 Å². The SMILES string of the molecule is CCc1ccc(/C(O)=C2/C(=O)C(=O)N(c3ccc(F)c(F)c3)C2c2ccc(C)o2)cc1. The van der Waals surface area contributed by atoms with Crippen molar-refractivity contribution in [3.63, 3.8) is 0 Å². The van der Waals surface area contributed by atoms with Crippen LogP contribution < -0.4 is 4.90 Å². The van der Waals surface area contributed by atoms with Gasteiger partial charge in [-0.1, -0.05) is 31.2 Å². The number of aryl methyl sites for hydroxylation is 2. The molecule has 0 saturated carbocycles. The molecule has 31 heavy (non-hydrogen) atoms. The predicted molar refractivity (Wildman–Crippen MR) is 110 cm³/mol. The molecule has 7 heteroatoms. The quantitative estimate of drug-likeness (QED) is 0.362. The van der Waals surface area contributed by atoms with Crippen LogP contribution in [0.3, 0.4) is 0 Å². The zero-order valence-corrected chi connectivity index (χ0v) is 16.9. The molecule has 158 valence electrons. The monoisotopic (exact) mass is 423 g/mol. The standard InChI is InChI=1S/C24H19F2NO4/c1-3-14-5-7-15(8-6-14)22(28)20-21(19-11-4-13(2)31-19)27(24(30)23(20)29)16-9-10-17(25)18(26)12-16/h4-12,21,28H,3H2,1-2H3/b22-20-. The summed E-state index contributed by atoms with van der Waals surface area (Å²) >= 11 is 0. The highest BCUT2D eigenvalue weighted by atomic mass is 19.2. The van der Waals surface area contributed by atoms with Gasteiger partial charge in [0, 0.05) is 17.3 Å². The molecule has 0 radical (unpaired) electrons. The second-order valence-electron chi connectivity index (χ2n) is 7.27. The molecule has 1 aromatic heterocycles. The van der Waals surface area contributed by atoms with Crippen LogP contribution in [-0.4, -0.2) is 16.8 Å². The number of benzene rings is 2. The first-order valence-corrected chi connectivity index (χ1v) is 9.73. The van der Waals surface area contributed by atoms with Gasteiger partial charge in [-0.15, -0.1) is 0 Å². The van der Waals surface area contributed by atoms with Gasteiger partial charge in [0.1, 0.15) is 23.3 Å². The largest absolute Gasteiger partial charge is 0.507 e. The van der Waals surface area contributed by atoms with Crippen molar-refractivity contribution in [2.75, 3.05) is 4.90 Å². The zero-order chi connectivity index (χ0) is 22.3. The molecule has 1 fully saturated rings. The molecule has 1 aliphatic rings. The first-order valence-electron chi connectivity index (χ1n) is 9.73. The van der Waals surface area contributed by atoms with Crippen molar-refractivity contribution in [2.24, 2.45) is 0 Å². The third kappa shape index (κ3) is 3.52. The van der Waals surface area contributed by atoms with E-state index in [0.29, 0.717) is 11.3 Å². The average molecular weight is 423 g/mol. The molecule has 2 aromatic carbocycles. The number of halogens is 2. The summed E-state index contributed by atoms with van der Waals surface area (Å²) in [4.78, 5) is 26.9. The first kappa shape index (κ1) is 20.5. The Kier molecular flexibility index (Phi) is 5.19. The minimum Gasteiger partial charge on any atom is -0.507 e. The number of aliphatic hydroxyl groups excluding tert-OH is 1. The summed E-state index contributed by atoms with van der Waals surface area (Å²) in [7, 11) is 0. The van der Waals surface area contributed by atoms with Gasteiger partial charge >= 0.3 is 0 Å². The summed E-state index contributed by atoms with van der Waals surface area (Å²) in [6.07, 6.45) is 0.799. The van der Waals surface area contributed by atoms with Crippen LogP contribution in [0.5, 0.6) is 0 Å². The molecule has 0 aliphatic carbocycles. The number of anilines is 1. The highest BCUT2D eigenvalue weighted by Crippen LogP contribution is 2.42. The molecule has 1 aliphatic heterocycles. The van der Waals surface area contributed by atoms with Crippen molar-refractivity contribution in [1.29, 1.82) is 0 Å². The Hall–Kier alpha value is -3.74. The maximum absolute atomic E-state index is 13.9. The predicted octanol–water partition coefficient (Wildman–Crippen LogP) is 5.05. The summed E-state index contributed by atoms with van der Waals surface area (Å²) in [5, 5.41) is 11.0. The van der Waals surface area contributed by atoms with E-state index in [1.807, 2.05) is 19.1 Å². The number of carbonyl (C=O) groups is 2. The molecule has 1 saturated heterocycles. The van der Waals surface area contributed by atoms with Gasteiger partial charge in [-0.3, -0.25) is 14.5 Å². The van der Waals surface area contributed by atoms with Gasteiger partial charge in [0.2, 0.25) is 0 Å². The molecule has 3 aromatic rings. The number of hydrogen-bond donors (Lipinski definition) is 1. The fourth-order valence-electron chi connectivity index (χ4n) is 3.66. The molecular weight excluding hydrogens is 404 g/mol. The summed E-state index contributed by atoms with van der Waals surface area (Å²) in [6, 6.07) is 11.9. The normalized spacial score (nSPS) is 18.1. The number of ketones is 1. The molecule has 1 N–H and O–H groups in total. The van der Waals surface area contributed by atoms with Crippen LogP contribution in [0.2, 0.25) is 0 Å². The fourth-order valence-corrected chi connectivity index (χ4v) is 3.66. The first-order chi connectivity index (χ1) is 14.8. The van der Waals surface area contributed by atoms with Crippen molar-refractivity contribution in [1.82, 2.24) is 0 Å². The Labute approximate surface area is 177 Å². The topological polar surface area (TPSA) is 70.8 Å². The summed E-state index contributed by atoms with van der Waals surface area (Å²) in [5.41, 5.74) is 1.18. The van der Waals surface area contributed by atoms with Gasteiger partial charge in [0.05, 0.1) is 5.57 Å². The molecule has 1 atom stereocenters. The van der Waals surface area contributed by atoms with E-state index >= 15 is 0 Å². The Bertz CT molecular complexity index is 1210. The van der Waals surface area contributed by atoms with Gasteiger partial charge in [0.25, 0.3) is 11.7 Å². The summed E-state index contributed by atoms with van der Waals surface area (Å²) in [6.45, 7) is 3.68. The van der Waals surface area contributed by atoms with Crippen molar-refractivity contribution < 1.29 is 27.9 Å². The Morgan fingerprint density at radius 3 is 2.32 bits per heavy atom. The smallest absolute Gasteiger partial charge is 0.300 e. The number of nitrogens with zero attached hydrogens (tertiary/aromatic N) is 1. The molecule has 1 amide bonds. The number of amides is 1. The van der Waals surface area contributed by atoms with Crippen LogP contribution in [0.1, 0.15) is 35.6 Å². The van der Waals surface area contributed by atoms with Crippen LogP contribution in [0.4, 0.5) is 14.5 Å². The zero-order valence-electron chi connectivity index (χ0n) is 16.9. The number of furan rings is 1. The third-order valence-corrected chi connectivity index (χ3v) is 5.29. The van der Waals surface area contributed by atoms with Gasteiger partial charge in [-0.25, -0.2) is 8.78 Å². The van der Waals surface area contributed by atoms with Crippen molar-refractivity contribution in [3.8, 4) is 0 Å². The van der Waals surface area contributed by atoms with E-state index in [1.54, 1.807) is 31.2 Å². The Morgan fingerprint density at radius 2 is 1.74 bits per heavy atom. The fraction of sp³-hybridized carbons (Fsp3) is 0.167. The number of Topliss-reactive ketones (excluding diaryl/α,β-unsaturated/α-hetero) is 1. The highest BCUT2D eigenvalue weighted by molar-refractivity contribution is 6.51. The maximum Gasteiger partial charge on any atom is 0.300 e. The summed E-state index contributed by atoms with van der Waals surface area (Å²) < 4.78 is 33.0. The molecular formula is C24H19F2NO4. The van der Waals surface area contributed by atoms with E-state index < -0.39 is 29.4 Å². The number of hydrogen-bond acceptors (Lipinski definition) is 4.